The number of phenols is 1. The van der Waals surface area contributed by atoms with Crippen LogP contribution in [0.25, 0.3) is 0 Å². The molecule has 0 spiro atoms. The summed E-state index contributed by atoms with van der Waals surface area (Å²) in [6.07, 6.45) is 1.50. The number of hydrogen-bond donors (Lipinski definition) is 3. The number of para-hydroxylation sites is 1. The van der Waals surface area contributed by atoms with Crippen LogP contribution in [-0.4, -0.2) is 21.9 Å². The molecule has 1 aromatic heterocycles. The van der Waals surface area contributed by atoms with Gasteiger partial charge in [0, 0.05) is 6.20 Å². The summed E-state index contributed by atoms with van der Waals surface area (Å²) in [5.41, 5.74) is 5.81. The molecule has 0 aliphatic heterocycles. The lowest BCUT2D eigenvalue weighted by molar-refractivity contribution is 0.0843. The van der Waals surface area contributed by atoms with Gasteiger partial charge in [0.25, 0.3) is 11.8 Å². The van der Waals surface area contributed by atoms with Gasteiger partial charge >= 0.3 is 0 Å². The van der Waals surface area contributed by atoms with Gasteiger partial charge in [0.2, 0.25) is 5.88 Å². The lowest BCUT2D eigenvalue weighted by Gasteiger charge is -2.11. The van der Waals surface area contributed by atoms with E-state index in [1.807, 2.05) is 19.1 Å². The Kier molecular flexibility index (Phi) is 5.32. The van der Waals surface area contributed by atoms with Gasteiger partial charge in [-0.05, 0) is 43.3 Å². The molecule has 7 nitrogen and oxygen atoms in total. The topological polar surface area (TPSA) is 101 Å². The highest BCUT2D eigenvalue weighted by molar-refractivity contribution is 6.01. The molecule has 3 aromatic rings. The number of phenolic OH excluding ortho intramolecular Hbond substituents is 1. The fourth-order valence-electron chi connectivity index (χ4n) is 2.28. The summed E-state index contributed by atoms with van der Waals surface area (Å²) in [6.45, 7) is 1.95. The molecule has 1 heterocycles. The van der Waals surface area contributed by atoms with E-state index in [1.54, 1.807) is 30.3 Å². The van der Waals surface area contributed by atoms with E-state index < -0.39 is 11.8 Å². The van der Waals surface area contributed by atoms with E-state index >= 15 is 0 Å². The molecule has 0 unspecified atom stereocenters. The maximum atomic E-state index is 12.4. The number of aromatic hydroxyl groups is 1. The Balaban J connectivity index is 1.71. The molecular formula is C20H17N3O4. The Morgan fingerprint density at radius 3 is 2.22 bits per heavy atom. The zero-order valence-electron chi connectivity index (χ0n) is 14.5. The number of aromatic nitrogens is 1. The summed E-state index contributed by atoms with van der Waals surface area (Å²) in [7, 11) is 0. The van der Waals surface area contributed by atoms with Crippen LogP contribution in [0.4, 0.5) is 0 Å². The standard InChI is InChI=1S/C20H17N3O4/c1-13-8-10-14(11-9-13)27-20-16(6-4-12-21-20)19(26)23-22-18(25)15-5-2-3-7-17(15)24/h2-12,24H,1H3,(H,22,25)(H,23,26). The van der Waals surface area contributed by atoms with Gasteiger partial charge in [0.15, 0.2) is 0 Å². The largest absolute Gasteiger partial charge is 0.507 e. The van der Waals surface area contributed by atoms with Gasteiger partial charge in [-0.2, -0.15) is 0 Å². The molecule has 2 aromatic carbocycles. The van der Waals surface area contributed by atoms with Gasteiger partial charge in [0.05, 0.1) is 5.56 Å². The summed E-state index contributed by atoms with van der Waals surface area (Å²) in [6, 6.07) is 16.4. The number of carbonyl (C=O) groups is 2. The second-order valence-corrected chi connectivity index (χ2v) is 5.70. The normalized spacial score (nSPS) is 10.1. The number of hydrogen-bond acceptors (Lipinski definition) is 5. The molecule has 3 N–H and O–H groups in total. The zero-order chi connectivity index (χ0) is 19.2. The second kappa shape index (κ2) is 8.01. The highest BCUT2D eigenvalue weighted by atomic mass is 16.5. The third kappa shape index (κ3) is 4.40. The van der Waals surface area contributed by atoms with Gasteiger partial charge < -0.3 is 9.84 Å². The molecule has 7 heteroatoms. The van der Waals surface area contributed by atoms with E-state index in [1.165, 1.54) is 24.4 Å². The minimum Gasteiger partial charge on any atom is -0.507 e. The molecule has 0 radical (unpaired) electrons. The van der Waals surface area contributed by atoms with Gasteiger partial charge in [-0.1, -0.05) is 29.8 Å². The fraction of sp³-hybridized carbons (Fsp3) is 0.0500. The van der Waals surface area contributed by atoms with Gasteiger partial charge in [-0.3, -0.25) is 20.4 Å². The molecule has 0 bridgehead atoms. The van der Waals surface area contributed by atoms with Crippen molar-refractivity contribution in [3.63, 3.8) is 0 Å². The van der Waals surface area contributed by atoms with Crippen molar-refractivity contribution in [3.05, 3.63) is 83.6 Å². The minimum atomic E-state index is -0.647. The molecule has 0 saturated heterocycles. The van der Waals surface area contributed by atoms with Crippen LogP contribution in [0, 0.1) is 6.92 Å². The Hall–Kier alpha value is -3.87. The van der Waals surface area contributed by atoms with Crippen molar-refractivity contribution in [3.8, 4) is 17.4 Å². The summed E-state index contributed by atoms with van der Waals surface area (Å²) in [5, 5.41) is 9.69. The van der Waals surface area contributed by atoms with Crippen LogP contribution in [0.15, 0.2) is 66.9 Å². The van der Waals surface area contributed by atoms with Crippen LogP contribution in [-0.2, 0) is 0 Å². The lowest BCUT2D eigenvalue weighted by Crippen LogP contribution is -2.41. The number of carbonyl (C=O) groups excluding carboxylic acids is 2. The first-order valence-corrected chi connectivity index (χ1v) is 8.13. The van der Waals surface area contributed by atoms with E-state index in [9.17, 15) is 14.7 Å². The Bertz CT molecular complexity index is 971. The van der Waals surface area contributed by atoms with Crippen molar-refractivity contribution in [1.82, 2.24) is 15.8 Å². The van der Waals surface area contributed by atoms with Gasteiger partial charge in [0.1, 0.15) is 17.1 Å². The van der Waals surface area contributed by atoms with Gasteiger partial charge in [-0.25, -0.2) is 4.98 Å². The van der Waals surface area contributed by atoms with E-state index in [4.69, 9.17) is 4.74 Å². The first kappa shape index (κ1) is 17.9. The number of amides is 2. The molecule has 0 aliphatic carbocycles. The Morgan fingerprint density at radius 1 is 0.889 bits per heavy atom. The third-order valence-electron chi connectivity index (χ3n) is 3.69. The fourth-order valence-corrected chi connectivity index (χ4v) is 2.28. The number of nitrogens with zero attached hydrogens (tertiary/aromatic N) is 1. The summed E-state index contributed by atoms with van der Waals surface area (Å²) in [5.74, 6) is -0.795. The maximum Gasteiger partial charge on any atom is 0.275 e. The third-order valence-corrected chi connectivity index (χ3v) is 3.69. The smallest absolute Gasteiger partial charge is 0.275 e. The van der Waals surface area contributed by atoms with Crippen LogP contribution >= 0.6 is 0 Å². The van der Waals surface area contributed by atoms with Crippen molar-refractivity contribution in [1.29, 1.82) is 0 Å². The van der Waals surface area contributed by atoms with Crippen molar-refractivity contribution < 1.29 is 19.4 Å². The molecule has 0 saturated carbocycles. The van der Waals surface area contributed by atoms with Crippen LogP contribution < -0.4 is 15.6 Å². The molecule has 0 fully saturated rings. The zero-order valence-corrected chi connectivity index (χ0v) is 14.5. The van der Waals surface area contributed by atoms with Crippen molar-refractivity contribution in [2.45, 2.75) is 6.92 Å². The van der Waals surface area contributed by atoms with Crippen molar-refractivity contribution >= 4 is 11.8 Å². The number of hydrazine groups is 1. The maximum absolute atomic E-state index is 12.4. The van der Waals surface area contributed by atoms with Gasteiger partial charge in [-0.15, -0.1) is 0 Å². The monoisotopic (exact) mass is 363 g/mol. The number of aryl methyl sites for hydroxylation is 1. The molecule has 136 valence electrons. The van der Waals surface area contributed by atoms with Crippen LogP contribution in [0.5, 0.6) is 17.4 Å². The highest BCUT2D eigenvalue weighted by Gasteiger charge is 2.16. The molecule has 27 heavy (non-hydrogen) atoms. The predicted octanol–water partition coefficient (Wildman–Crippen LogP) is 2.96. The second-order valence-electron chi connectivity index (χ2n) is 5.70. The molecule has 0 aliphatic rings. The average molecular weight is 363 g/mol. The lowest BCUT2D eigenvalue weighted by atomic mass is 10.2. The molecular weight excluding hydrogens is 346 g/mol. The van der Waals surface area contributed by atoms with E-state index in [2.05, 4.69) is 15.8 Å². The van der Waals surface area contributed by atoms with Crippen LogP contribution in [0.3, 0.4) is 0 Å². The summed E-state index contributed by atoms with van der Waals surface area (Å²) >= 11 is 0. The number of pyridine rings is 1. The summed E-state index contributed by atoms with van der Waals surface area (Å²) in [4.78, 5) is 28.6. The molecule has 3 rings (SSSR count). The molecule has 0 atom stereocenters. The Morgan fingerprint density at radius 2 is 1.52 bits per heavy atom. The van der Waals surface area contributed by atoms with E-state index in [-0.39, 0.29) is 22.8 Å². The number of ether oxygens (including phenoxy) is 1. The summed E-state index contributed by atoms with van der Waals surface area (Å²) < 4.78 is 5.67. The average Bonchev–Trinajstić information content (AvgIpc) is 2.68. The SMILES string of the molecule is Cc1ccc(Oc2ncccc2C(=O)NNC(=O)c2ccccc2O)cc1. The quantitative estimate of drug-likeness (QED) is 0.619. The first-order valence-electron chi connectivity index (χ1n) is 8.13. The predicted molar refractivity (Wildman–Crippen MR) is 98.5 cm³/mol. The van der Waals surface area contributed by atoms with Crippen LogP contribution in [0.1, 0.15) is 26.3 Å². The van der Waals surface area contributed by atoms with E-state index in [0.29, 0.717) is 5.75 Å². The Labute approximate surface area is 155 Å². The number of benzene rings is 2. The van der Waals surface area contributed by atoms with Crippen LogP contribution in [0.2, 0.25) is 0 Å². The van der Waals surface area contributed by atoms with E-state index in [0.717, 1.165) is 5.56 Å². The number of rotatable bonds is 4. The number of nitrogens with one attached hydrogen (secondary N) is 2. The van der Waals surface area contributed by atoms with Crippen molar-refractivity contribution in [2.24, 2.45) is 0 Å². The first-order chi connectivity index (χ1) is 13.0. The molecule has 2 amide bonds. The minimum absolute atomic E-state index is 0.0418. The van der Waals surface area contributed by atoms with Crippen molar-refractivity contribution in [2.75, 3.05) is 0 Å². The highest BCUT2D eigenvalue weighted by Crippen LogP contribution is 2.23.